The Bertz CT molecular complexity index is 529. The molecule has 0 aliphatic heterocycles. The Kier molecular flexibility index (Phi) is 6.17. The van der Waals surface area contributed by atoms with E-state index in [-0.39, 0.29) is 18.5 Å². The molecule has 1 rings (SSSR count). The van der Waals surface area contributed by atoms with Gasteiger partial charge in [0.15, 0.2) is 0 Å². The minimum Gasteiger partial charge on any atom is -0.352 e. The van der Waals surface area contributed by atoms with Gasteiger partial charge in [0.05, 0.1) is 6.54 Å². The predicted octanol–water partition coefficient (Wildman–Crippen LogP) is 1.26. The second kappa shape index (κ2) is 7.64. The third-order valence-corrected chi connectivity index (χ3v) is 2.73. The average Bonchev–Trinajstić information content (AvgIpc) is 2.39. The van der Waals surface area contributed by atoms with Gasteiger partial charge in [-0.25, -0.2) is 0 Å². The Morgan fingerprint density at radius 3 is 2.29 bits per heavy atom. The number of halogens is 1. The van der Waals surface area contributed by atoms with Gasteiger partial charge in [-0.15, -0.1) is 0 Å². The van der Waals surface area contributed by atoms with Crippen LogP contribution in [0.4, 0.5) is 5.69 Å². The number of likely N-dealkylation sites (N-methyl/N-ethyl adjacent to an activating group) is 1. The zero-order valence-corrected chi connectivity index (χ0v) is 12.9. The molecule has 0 saturated carbocycles. The van der Waals surface area contributed by atoms with Crippen molar-refractivity contribution in [1.82, 2.24) is 10.2 Å². The molecule has 0 saturated heterocycles. The van der Waals surface area contributed by atoms with Crippen LogP contribution in [0.15, 0.2) is 24.3 Å². The van der Waals surface area contributed by atoms with Gasteiger partial charge in [0.1, 0.15) is 0 Å². The van der Waals surface area contributed by atoms with E-state index in [1.54, 1.807) is 24.3 Å². The zero-order chi connectivity index (χ0) is 16.0. The Hall–Kier alpha value is -2.08. The van der Waals surface area contributed by atoms with Crippen LogP contribution in [0.3, 0.4) is 0 Å². The molecule has 0 unspecified atom stereocenters. The maximum Gasteiger partial charge on any atom is 0.313 e. The fourth-order valence-corrected chi connectivity index (χ4v) is 1.67. The van der Waals surface area contributed by atoms with Crippen molar-refractivity contribution in [2.24, 2.45) is 0 Å². The number of amides is 3. The minimum atomic E-state index is -0.808. The van der Waals surface area contributed by atoms with Gasteiger partial charge in [0.25, 0.3) is 0 Å². The van der Waals surface area contributed by atoms with E-state index in [1.165, 1.54) is 7.05 Å². The first-order valence-corrected chi connectivity index (χ1v) is 6.78. The summed E-state index contributed by atoms with van der Waals surface area (Å²) >= 11 is 5.73. The third kappa shape index (κ3) is 5.83. The molecule has 1 aromatic rings. The van der Waals surface area contributed by atoms with E-state index in [4.69, 9.17) is 11.6 Å². The van der Waals surface area contributed by atoms with E-state index in [1.807, 2.05) is 13.8 Å². The van der Waals surface area contributed by atoms with Gasteiger partial charge >= 0.3 is 11.8 Å². The first-order chi connectivity index (χ1) is 9.79. The van der Waals surface area contributed by atoms with E-state index in [0.717, 1.165) is 4.90 Å². The molecule has 3 amide bonds. The quantitative estimate of drug-likeness (QED) is 0.822. The van der Waals surface area contributed by atoms with Crippen molar-refractivity contribution in [2.75, 3.05) is 18.9 Å². The number of nitrogens with one attached hydrogen (secondary N) is 2. The zero-order valence-electron chi connectivity index (χ0n) is 12.1. The highest BCUT2D eigenvalue weighted by atomic mass is 35.5. The van der Waals surface area contributed by atoms with Crippen LogP contribution >= 0.6 is 11.6 Å². The van der Waals surface area contributed by atoms with Crippen molar-refractivity contribution >= 4 is 35.0 Å². The summed E-state index contributed by atoms with van der Waals surface area (Å²) in [5.74, 6) is -1.92. The normalized spacial score (nSPS) is 10.1. The second-order valence-electron chi connectivity index (χ2n) is 4.84. The number of rotatable bonds is 4. The molecule has 6 nitrogen and oxygen atoms in total. The Morgan fingerprint density at radius 2 is 1.76 bits per heavy atom. The minimum absolute atomic E-state index is 0.0242. The van der Waals surface area contributed by atoms with Gasteiger partial charge in [-0.3, -0.25) is 14.4 Å². The molecule has 7 heteroatoms. The molecule has 1 aromatic carbocycles. The van der Waals surface area contributed by atoms with Gasteiger partial charge in [0.2, 0.25) is 5.91 Å². The summed E-state index contributed by atoms with van der Waals surface area (Å²) in [6.07, 6.45) is 0. The highest BCUT2D eigenvalue weighted by Gasteiger charge is 2.20. The SMILES string of the molecule is CC(C)NC(=O)CN(C)C(=O)C(=O)Nc1ccc(Cl)cc1. The van der Waals surface area contributed by atoms with E-state index in [0.29, 0.717) is 10.7 Å². The summed E-state index contributed by atoms with van der Waals surface area (Å²) < 4.78 is 0. The number of carbonyl (C=O) groups is 3. The number of anilines is 1. The number of nitrogens with zero attached hydrogens (tertiary/aromatic N) is 1. The average molecular weight is 312 g/mol. The van der Waals surface area contributed by atoms with Gasteiger partial charge in [-0.2, -0.15) is 0 Å². The number of hydrogen-bond donors (Lipinski definition) is 2. The molecule has 0 fully saturated rings. The third-order valence-electron chi connectivity index (χ3n) is 2.47. The van der Waals surface area contributed by atoms with Crippen molar-refractivity contribution < 1.29 is 14.4 Å². The van der Waals surface area contributed by atoms with Crippen molar-refractivity contribution in [3.8, 4) is 0 Å². The van der Waals surface area contributed by atoms with Gasteiger partial charge in [0, 0.05) is 23.8 Å². The number of carbonyl (C=O) groups excluding carboxylic acids is 3. The highest BCUT2D eigenvalue weighted by molar-refractivity contribution is 6.39. The van der Waals surface area contributed by atoms with Crippen molar-refractivity contribution in [2.45, 2.75) is 19.9 Å². The van der Waals surface area contributed by atoms with Crippen molar-refractivity contribution in [3.05, 3.63) is 29.3 Å². The van der Waals surface area contributed by atoms with Crippen LogP contribution in [0.5, 0.6) is 0 Å². The Morgan fingerprint density at radius 1 is 1.19 bits per heavy atom. The van der Waals surface area contributed by atoms with Gasteiger partial charge in [-0.1, -0.05) is 11.6 Å². The van der Waals surface area contributed by atoms with Crippen LogP contribution in [0, 0.1) is 0 Å². The largest absolute Gasteiger partial charge is 0.352 e. The highest BCUT2D eigenvalue weighted by Crippen LogP contribution is 2.13. The summed E-state index contributed by atoms with van der Waals surface area (Å²) in [6.45, 7) is 3.45. The molecule has 0 aliphatic rings. The molecule has 0 atom stereocenters. The lowest BCUT2D eigenvalue weighted by Gasteiger charge is -2.17. The lowest BCUT2D eigenvalue weighted by Crippen LogP contribution is -2.44. The maximum atomic E-state index is 11.8. The van der Waals surface area contributed by atoms with Crippen molar-refractivity contribution in [1.29, 1.82) is 0 Å². The number of benzene rings is 1. The van der Waals surface area contributed by atoms with E-state index >= 15 is 0 Å². The lowest BCUT2D eigenvalue weighted by atomic mass is 10.3. The molecule has 2 N–H and O–H groups in total. The van der Waals surface area contributed by atoms with Gasteiger partial charge in [-0.05, 0) is 38.1 Å². The fourth-order valence-electron chi connectivity index (χ4n) is 1.55. The summed E-state index contributed by atoms with van der Waals surface area (Å²) in [5, 5.41) is 5.62. The van der Waals surface area contributed by atoms with Crippen LogP contribution in [0.25, 0.3) is 0 Å². The van der Waals surface area contributed by atoms with Crippen LogP contribution in [0.2, 0.25) is 5.02 Å². The van der Waals surface area contributed by atoms with Crippen LogP contribution < -0.4 is 10.6 Å². The smallest absolute Gasteiger partial charge is 0.313 e. The van der Waals surface area contributed by atoms with E-state index in [9.17, 15) is 14.4 Å². The molecule has 0 radical (unpaired) electrons. The molecular weight excluding hydrogens is 294 g/mol. The lowest BCUT2D eigenvalue weighted by molar-refractivity contribution is -0.143. The standard InChI is InChI=1S/C14H18ClN3O3/c1-9(2)16-12(19)8-18(3)14(21)13(20)17-11-6-4-10(15)5-7-11/h4-7,9H,8H2,1-3H3,(H,16,19)(H,17,20). The Labute approximate surface area is 128 Å². The first kappa shape index (κ1) is 17.0. The molecule has 0 aliphatic carbocycles. The second-order valence-corrected chi connectivity index (χ2v) is 5.28. The van der Waals surface area contributed by atoms with E-state index in [2.05, 4.69) is 10.6 Å². The van der Waals surface area contributed by atoms with Crippen LogP contribution in [-0.2, 0) is 14.4 Å². The molecule has 21 heavy (non-hydrogen) atoms. The molecule has 0 heterocycles. The van der Waals surface area contributed by atoms with E-state index < -0.39 is 11.8 Å². The molecule has 0 bridgehead atoms. The molecule has 114 valence electrons. The molecule has 0 aromatic heterocycles. The van der Waals surface area contributed by atoms with Gasteiger partial charge < -0.3 is 15.5 Å². The number of hydrogen-bond acceptors (Lipinski definition) is 3. The molecule has 0 spiro atoms. The summed E-state index contributed by atoms with van der Waals surface area (Å²) in [5.41, 5.74) is 0.456. The van der Waals surface area contributed by atoms with Crippen LogP contribution in [0.1, 0.15) is 13.8 Å². The maximum absolute atomic E-state index is 11.8. The predicted molar refractivity (Wildman–Crippen MR) is 81.0 cm³/mol. The van der Waals surface area contributed by atoms with Crippen molar-refractivity contribution in [3.63, 3.8) is 0 Å². The summed E-state index contributed by atoms with van der Waals surface area (Å²) in [4.78, 5) is 36.2. The summed E-state index contributed by atoms with van der Waals surface area (Å²) in [7, 11) is 1.39. The monoisotopic (exact) mass is 311 g/mol. The van der Waals surface area contributed by atoms with Crippen LogP contribution in [-0.4, -0.2) is 42.3 Å². The summed E-state index contributed by atoms with van der Waals surface area (Å²) in [6, 6.07) is 6.34. The fraction of sp³-hybridized carbons (Fsp3) is 0.357. The topological polar surface area (TPSA) is 78.5 Å². The first-order valence-electron chi connectivity index (χ1n) is 6.41. The molecular formula is C14H18ClN3O3. The Balaban J connectivity index is 2.55.